The van der Waals surface area contributed by atoms with Gasteiger partial charge in [-0.25, -0.2) is 4.39 Å². The summed E-state index contributed by atoms with van der Waals surface area (Å²) in [5.74, 6) is -0.309. The lowest BCUT2D eigenvalue weighted by molar-refractivity contribution is 0.611. The Kier molecular flexibility index (Phi) is 3.10. The molecule has 0 saturated carbocycles. The Bertz CT molecular complexity index is 350. The minimum Gasteiger partial charge on any atom is -0.310 e. The van der Waals surface area contributed by atoms with Gasteiger partial charge in [-0.1, -0.05) is 11.6 Å². The molecular weight excluding hydrogens is 268 g/mol. The van der Waals surface area contributed by atoms with Gasteiger partial charge in [0.05, 0.1) is 4.47 Å². The van der Waals surface area contributed by atoms with Crippen molar-refractivity contribution >= 4 is 27.5 Å². The van der Waals surface area contributed by atoms with Gasteiger partial charge in [-0.15, -0.1) is 0 Å². The quantitative estimate of drug-likeness (QED) is 0.773. The standard InChI is InChI=1S/C10H10BrClFN/c11-7-4-6(8(12)5-9(7)13)10-2-1-3-14-10/h4-5,10,14H,1-3H2. The van der Waals surface area contributed by atoms with E-state index in [9.17, 15) is 4.39 Å². The van der Waals surface area contributed by atoms with Gasteiger partial charge in [-0.05, 0) is 53.0 Å². The fourth-order valence-corrected chi connectivity index (χ4v) is 2.40. The van der Waals surface area contributed by atoms with Gasteiger partial charge in [0.1, 0.15) is 5.82 Å². The van der Waals surface area contributed by atoms with Gasteiger partial charge in [0.15, 0.2) is 0 Å². The highest BCUT2D eigenvalue weighted by Gasteiger charge is 2.19. The third-order valence-corrected chi connectivity index (χ3v) is 3.41. The van der Waals surface area contributed by atoms with E-state index < -0.39 is 0 Å². The van der Waals surface area contributed by atoms with Crippen LogP contribution in [0.15, 0.2) is 16.6 Å². The first-order valence-corrected chi connectivity index (χ1v) is 5.73. The molecule has 1 heterocycles. The molecule has 1 aromatic carbocycles. The van der Waals surface area contributed by atoms with Crippen LogP contribution in [-0.4, -0.2) is 6.54 Å². The van der Waals surface area contributed by atoms with Crippen LogP contribution in [0.25, 0.3) is 0 Å². The molecule has 1 aromatic rings. The van der Waals surface area contributed by atoms with Crippen molar-refractivity contribution in [3.05, 3.63) is 33.0 Å². The van der Waals surface area contributed by atoms with E-state index in [1.165, 1.54) is 6.07 Å². The van der Waals surface area contributed by atoms with E-state index in [1.807, 2.05) is 0 Å². The van der Waals surface area contributed by atoms with Crippen LogP contribution in [0.1, 0.15) is 24.4 Å². The predicted molar refractivity (Wildman–Crippen MR) is 59.1 cm³/mol. The van der Waals surface area contributed by atoms with Gasteiger partial charge in [0, 0.05) is 11.1 Å². The summed E-state index contributed by atoms with van der Waals surface area (Å²) in [7, 11) is 0. The summed E-state index contributed by atoms with van der Waals surface area (Å²) in [4.78, 5) is 0. The molecule has 2 rings (SSSR count). The lowest BCUT2D eigenvalue weighted by Gasteiger charge is -2.13. The van der Waals surface area contributed by atoms with Gasteiger partial charge < -0.3 is 5.32 Å². The number of nitrogens with one attached hydrogen (secondary N) is 1. The average Bonchev–Trinajstić information content (AvgIpc) is 2.64. The summed E-state index contributed by atoms with van der Waals surface area (Å²) in [5.41, 5.74) is 0.984. The van der Waals surface area contributed by atoms with E-state index in [0.29, 0.717) is 9.50 Å². The summed E-state index contributed by atoms with van der Waals surface area (Å²) < 4.78 is 13.6. The van der Waals surface area contributed by atoms with E-state index in [-0.39, 0.29) is 11.9 Å². The maximum Gasteiger partial charge on any atom is 0.138 e. The smallest absolute Gasteiger partial charge is 0.138 e. The normalized spacial score (nSPS) is 21.5. The largest absolute Gasteiger partial charge is 0.310 e. The zero-order valence-electron chi connectivity index (χ0n) is 7.49. The first-order chi connectivity index (χ1) is 6.68. The monoisotopic (exact) mass is 277 g/mol. The molecule has 76 valence electrons. The molecule has 1 aliphatic heterocycles. The maximum absolute atomic E-state index is 13.1. The molecular formula is C10H10BrClFN. The van der Waals surface area contributed by atoms with Crippen LogP contribution in [0.3, 0.4) is 0 Å². The maximum atomic E-state index is 13.1. The van der Waals surface area contributed by atoms with Crippen LogP contribution in [0, 0.1) is 5.82 Å². The molecule has 1 nitrogen and oxygen atoms in total. The number of benzene rings is 1. The Morgan fingerprint density at radius 1 is 1.50 bits per heavy atom. The number of rotatable bonds is 1. The summed E-state index contributed by atoms with van der Waals surface area (Å²) in [6.07, 6.45) is 2.22. The molecule has 1 saturated heterocycles. The second-order valence-corrected chi connectivity index (χ2v) is 4.70. The molecule has 0 amide bonds. The van der Waals surface area contributed by atoms with Crippen molar-refractivity contribution in [1.29, 1.82) is 0 Å². The highest BCUT2D eigenvalue weighted by Crippen LogP contribution is 2.32. The number of hydrogen-bond acceptors (Lipinski definition) is 1. The van der Waals surface area contributed by atoms with Gasteiger partial charge in [0.25, 0.3) is 0 Å². The molecule has 0 spiro atoms. The zero-order chi connectivity index (χ0) is 10.1. The topological polar surface area (TPSA) is 12.0 Å². The van der Waals surface area contributed by atoms with E-state index in [0.717, 1.165) is 24.9 Å². The van der Waals surface area contributed by atoms with Gasteiger partial charge in [-0.3, -0.25) is 0 Å². The molecule has 4 heteroatoms. The van der Waals surface area contributed by atoms with Gasteiger partial charge >= 0.3 is 0 Å². The lowest BCUT2D eigenvalue weighted by atomic mass is 10.1. The summed E-state index contributed by atoms with van der Waals surface area (Å²) in [6, 6.07) is 3.40. The number of hydrogen-bond donors (Lipinski definition) is 1. The average molecular weight is 279 g/mol. The molecule has 1 aliphatic rings. The molecule has 0 aromatic heterocycles. The van der Waals surface area contributed by atoms with Crippen LogP contribution >= 0.6 is 27.5 Å². The highest BCUT2D eigenvalue weighted by atomic mass is 79.9. The minimum absolute atomic E-state index is 0.277. The molecule has 0 bridgehead atoms. The van der Waals surface area contributed by atoms with Gasteiger partial charge in [-0.2, -0.15) is 0 Å². The first kappa shape index (κ1) is 10.4. The Morgan fingerprint density at radius 2 is 2.29 bits per heavy atom. The Labute approximate surface area is 95.8 Å². The molecule has 0 aliphatic carbocycles. The fraction of sp³-hybridized carbons (Fsp3) is 0.400. The minimum atomic E-state index is -0.309. The van der Waals surface area contributed by atoms with Crippen LogP contribution in [0.4, 0.5) is 4.39 Å². The second-order valence-electron chi connectivity index (χ2n) is 3.44. The second kappa shape index (κ2) is 4.17. The van der Waals surface area contributed by atoms with Crippen molar-refractivity contribution in [3.8, 4) is 0 Å². The van der Waals surface area contributed by atoms with E-state index in [1.54, 1.807) is 6.07 Å². The molecule has 1 unspecified atom stereocenters. The van der Waals surface area contributed by atoms with Crippen molar-refractivity contribution in [2.24, 2.45) is 0 Å². The van der Waals surface area contributed by atoms with E-state index >= 15 is 0 Å². The Balaban J connectivity index is 2.37. The van der Waals surface area contributed by atoms with Crippen LogP contribution in [0.2, 0.25) is 5.02 Å². The van der Waals surface area contributed by atoms with Crippen molar-refractivity contribution in [2.75, 3.05) is 6.54 Å². The van der Waals surface area contributed by atoms with E-state index in [4.69, 9.17) is 11.6 Å². The van der Waals surface area contributed by atoms with Crippen molar-refractivity contribution in [1.82, 2.24) is 5.32 Å². The van der Waals surface area contributed by atoms with Crippen LogP contribution in [-0.2, 0) is 0 Å². The molecule has 1 atom stereocenters. The van der Waals surface area contributed by atoms with Crippen molar-refractivity contribution < 1.29 is 4.39 Å². The fourth-order valence-electron chi connectivity index (χ4n) is 1.75. The predicted octanol–water partition coefficient (Wildman–Crippen LogP) is 3.67. The SMILES string of the molecule is Fc1cc(Cl)c(C2CCCN2)cc1Br. The third kappa shape index (κ3) is 1.95. The lowest BCUT2D eigenvalue weighted by Crippen LogP contribution is -2.13. The first-order valence-electron chi connectivity index (χ1n) is 4.56. The van der Waals surface area contributed by atoms with Crippen LogP contribution in [0.5, 0.6) is 0 Å². The molecule has 1 fully saturated rings. The summed E-state index contributed by atoms with van der Waals surface area (Å²) in [6.45, 7) is 1.01. The molecule has 0 radical (unpaired) electrons. The Morgan fingerprint density at radius 3 is 2.93 bits per heavy atom. The van der Waals surface area contributed by atoms with Crippen molar-refractivity contribution in [2.45, 2.75) is 18.9 Å². The van der Waals surface area contributed by atoms with Crippen molar-refractivity contribution in [3.63, 3.8) is 0 Å². The van der Waals surface area contributed by atoms with Gasteiger partial charge in [0.2, 0.25) is 0 Å². The third-order valence-electron chi connectivity index (χ3n) is 2.48. The summed E-state index contributed by atoms with van der Waals surface area (Å²) >= 11 is 9.15. The Hall–Kier alpha value is -0.120. The molecule has 1 N–H and O–H groups in total. The highest BCUT2D eigenvalue weighted by molar-refractivity contribution is 9.10. The van der Waals surface area contributed by atoms with E-state index in [2.05, 4.69) is 21.2 Å². The van der Waals surface area contributed by atoms with Crippen LogP contribution < -0.4 is 5.32 Å². The summed E-state index contributed by atoms with van der Waals surface area (Å²) in [5, 5.41) is 3.84. The number of halogens is 3. The zero-order valence-corrected chi connectivity index (χ0v) is 9.83. The molecule has 14 heavy (non-hydrogen) atoms.